The monoisotopic (exact) mass is 357 g/mol. The van der Waals surface area contributed by atoms with E-state index in [0.29, 0.717) is 11.8 Å². The Hall–Kier alpha value is -1.65. The second-order valence-electron chi connectivity index (χ2n) is 6.88. The molecule has 124 valence electrons. The molecule has 1 saturated heterocycles. The quantitative estimate of drug-likeness (QED) is 0.606. The van der Waals surface area contributed by atoms with Gasteiger partial charge in [0, 0.05) is 29.1 Å². The van der Waals surface area contributed by atoms with Gasteiger partial charge in [-0.15, -0.1) is 11.3 Å². The van der Waals surface area contributed by atoms with Crippen LogP contribution in [0.15, 0.2) is 36.0 Å². The molecule has 1 fully saturated rings. The second kappa shape index (κ2) is 6.34. The number of halogens is 1. The number of anilines is 1. The molecule has 0 amide bonds. The van der Waals surface area contributed by atoms with Crippen LogP contribution in [0.3, 0.4) is 0 Å². The molecule has 5 heteroatoms. The zero-order valence-corrected chi connectivity index (χ0v) is 15.4. The average molecular weight is 358 g/mol. The van der Waals surface area contributed by atoms with E-state index in [0.717, 1.165) is 28.8 Å². The summed E-state index contributed by atoms with van der Waals surface area (Å²) in [6.45, 7) is 6.78. The van der Waals surface area contributed by atoms with Gasteiger partial charge in [0.15, 0.2) is 0 Å². The molecule has 3 aromatic rings. The Balaban J connectivity index is 1.84. The predicted octanol–water partition coefficient (Wildman–Crippen LogP) is 5.49. The van der Waals surface area contributed by atoms with Crippen molar-refractivity contribution in [2.45, 2.75) is 20.3 Å². The van der Waals surface area contributed by atoms with Crippen LogP contribution in [0.4, 0.5) is 5.82 Å². The van der Waals surface area contributed by atoms with Crippen molar-refractivity contribution in [2.75, 3.05) is 18.0 Å². The first-order chi connectivity index (χ1) is 11.6. The number of piperidine rings is 1. The number of hydrogen-bond donors (Lipinski definition) is 0. The molecule has 0 bridgehead atoms. The summed E-state index contributed by atoms with van der Waals surface area (Å²) in [7, 11) is 0. The van der Waals surface area contributed by atoms with Crippen molar-refractivity contribution in [2.24, 2.45) is 11.8 Å². The first kappa shape index (κ1) is 15.9. The first-order valence-electron chi connectivity index (χ1n) is 8.35. The summed E-state index contributed by atoms with van der Waals surface area (Å²) in [4.78, 5) is 12.7. The molecule has 2 aromatic heterocycles. The maximum Gasteiger partial charge on any atom is 0.141 e. The standard InChI is InChI=1S/C19H20ClN3S/c1-12-7-13(2)9-23(8-12)18-17-16(10-24-19(17)22-11-21-18)14-3-5-15(20)6-4-14/h3-6,10-13H,7-9H2,1-2H3. The minimum absolute atomic E-state index is 0.691. The Morgan fingerprint density at radius 2 is 1.79 bits per heavy atom. The molecule has 0 radical (unpaired) electrons. The fourth-order valence-corrected chi connectivity index (χ4v) is 4.81. The van der Waals surface area contributed by atoms with Gasteiger partial charge in [-0.25, -0.2) is 9.97 Å². The summed E-state index contributed by atoms with van der Waals surface area (Å²) in [5.41, 5.74) is 2.37. The number of thiophene rings is 1. The topological polar surface area (TPSA) is 29.0 Å². The summed E-state index contributed by atoms with van der Waals surface area (Å²) in [6.07, 6.45) is 2.99. The fraction of sp³-hybridized carbons (Fsp3) is 0.368. The van der Waals surface area contributed by atoms with Crippen molar-refractivity contribution < 1.29 is 0 Å². The maximum absolute atomic E-state index is 6.05. The van der Waals surface area contributed by atoms with Gasteiger partial charge in [-0.05, 0) is 36.0 Å². The number of nitrogens with zero attached hydrogens (tertiary/aromatic N) is 3. The number of aromatic nitrogens is 2. The summed E-state index contributed by atoms with van der Waals surface area (Å²) in [6, 6.07) is 8.02. The number of benzene rings is 1. The number of fused-ring (bicyclic) bond motifs is 1. The van der Waals surface area contributed by atoms with Crippen molar-refractivity contribution in [3.63, 3.8) is 0 Å². The molecule has 24 heavy (non-hydrogen) atoms. The third kappa shape index (κ3) is 2.89. The fourth-order valence-electron chi connectivity index (χ4n) is 3.78. The second-order valence-corrected chi connectivity index (χ2v) is 8.18. The molecule has 0 spiro atoms. The molecule has 3 nitrogen and oxygen atoms in total. The molecule has 4 rings (SSSR count). The minimum Gasteiger partial charge on any atom is -0.355 e. The summed E-state index contributed by atoms with van der Waals surface area (Å²) < 4.78 is 0. The van der Waals surface area contributed by atoms with E-state index in [1.165, 1.54) is 22.9 Å². The summed E-state index contributed by atoms with van der Waals surface area (Å²) in [5.74, 6) is 2.46. The van der Waals surface area contributed by atoms with Gasteiger partial charge in [0.25, 0.3) is 0 Å². The zero-order chi connectivity index (χ0) is 16.7. The van der Waals surface area contributed by atoms with Gasteiger partial charge in [-0.2, -0.15) is 0 Å². The first-order valence-corrected chi connectivity index (χ1v) is 9.60. The summed E-state index contributed by atoms with van der Waals surface area (Å²) in [5, 5.41) is 4.11. The van der Waals surface area contributed by atoms with Gasteiger partial charge < -0.3 is 4.90 Å². The van der Waals surface area contributed by atoms with E-state index in [1.54, 1.807) is 17.7 Å². The highest BCUT2D eigenvalue weighted by molar-refractivity contribution is 7.17. The van der Waals surface area contributed by atoms with Crippen molar-refractivity contribution in [1.82, 2.24) is 9.97 Å². The van der Waals surface area contributed by atoms with E-state index in [-0.39, 0.29) is 0 Å². The molecular formula is C19H20ClN3S. The van der Waals surface area contributed by atoms with Crippen LogP contribution >= 0.6 is 22.9 Å². The molecule has 3 heterocycles. The van der Waals surface area contributed by atoms with Crippen LogP contribution in [0.2, 0.25) is 5.02 Å². The van der Waals surface area contributed by atoms with Crippen LogP contribution in [0, 0.1) is 11.8 Å². The molecular weight excluding hydrogens is 338 g/mol. The smallest absolute Gasteiger partial charge is 0.141 e. The van der Waals surface area contributed by atoms with Crippen molar-refractivity contribution in [1.29, 1.82) is 0 Å². The van der Waals surface area contributed by atoms with Crippen LogP contribution in [0.25, 0.3) is 21.3 Å². The number of hydrogen-bond acceptors (Lipinski definition) is 4. The lowest BCUT2D eigenvalue weighted by Gasteiger charge is -2.36. The minimum atomic E-state index is 0.691. The van der Waals surface area contributed by atoms with Crippen LogP contribution < -0.4 is 4.90 Å². The van der Waals surface area contributed by atoms with E-state index in [2.05, 4.69) is 46.2 Å². The van der Waals surface area contributed by atoms with Gasteiger partial charge >= 0.3 is 0 Å². The number of rotatable bonds is 2. The molecule has 1 aromatic carbocycles. The molecule has 1 aliphatic heterocycles. The highest BCUT2D eigenvalue weighted by atomic mass is 35.5. The lowest BCUT2D eigenvalue weighted by Crippen LogP contribution is -2.39. The van der Waals surface area contributed by atoms with Crippen LogP contribution in [-0.4, -0.2) is 23.1 Å². The van der Waals surface area contributed by atoms with E-state index in [9.17, 15) is 0 Å². The average Bonchev–Trinajstić information content (AvgIpc) is 2.99. The maximum atomic E-state index is 6.05. The van der Waals surface area contributed by atoms with E-state index in [4.69, 9.17) is 11.6 Å². The molecule has 2 unspecified atom stereocenters. The molecule has 0 N–H and O–H groups in total. The third-order valence-electron chi connectivity index (χ3n) is 4.67. The Labute approximate surface area is 151 Å². The van der Waals surface area contributed by atoms with Crippen LogP contribution in [0.5, 0.6) is 0 Å². The van der Waals surface area contributed by atoms with Gasteiger partial charge in [-0.1, -0.05) is 37.6 Å². The molecule has 0 saturated carbocycles. The lowest BCUT2D eigenvalue weighted by atomic mass is 9.91. The molecule has 1 aliphatic rings. The van der Waals surface area contributed by atoms with E-state index < -0.39 is 0 Å². The van der Waals surface area contributed by atoms with E-state index >= 15 is 0 Å². The van der Waals surface area contributed by atoms with Crippen LogP contribution in [0.1, 0.15) is 20.3 Å². The van der Waals surface area contributed by atoms with Gasteiger partial charge in [0.05, 0.1) is 5.39 Å². The predicted molar refractivity (Wildman–Crippen MR) is 103 cm³/mol. The van der Waals surface area contributed by atoms with Crippen molar-refractivity contribution in [3.8, 4) is 11.1 Å². The Morgan fingerprint density at radius 1 is 1.08 bits per heavy atom. The lowest BCUT2D eigenvalue weighted by molar-refractivity contribution is 0.356. The third-order valence-corrected chi connectivity index (χ3v) is 5.81. The molecule has 0 aliphatic carbocycles. The SMILES string of the molecule is CC1CC(C)CN(c2ncnc3scc(-c4ccc(Cl)cc4)c23)C1. The largest absolute Gasteiger partial charge is 0.355 e. The normalized spacial score (nSPS) is 21.4. The van der Waals surface area contributed by atoms with Crippen LogP contribution in [-0.2, 0) is 0 Å². The Kier molecular flexibility index (Phi) is 4.19. The van der Waals surface area contributed by atoms with Crippen molar-refractivity contribution in [3.05, 3.63) is 41.0 Å². The van der Waals surface area contributed by atoms with E-state index in [1.807, 2.05) is 12.1 Å². The Morgan fingerprint density at radius 3 is 2.50 bits per heavy atom. The van der Waals surface area contributed by atoms with Gasteiger partial charge in [0.1, 0.15) is 17.0 Å². The summed E-state index contributed by atoms with van der Waals surface area (Å²) >= 11 is 7.73. The van der Waals surface area contributed by atoms with Gasteiger partial charge in [-0.3, -0.25) is 0 Å². The highest BCUT2D eigenvalue weighted by Crippen LogP contribution is 2.39. The van der Waals surface area contributed by atoms with Crippen molar-refractivity contribution >= 4 is 39.0 Å². The van der Waals surface area contributed by atoms with Gasteiger partial charge in [0.2, 0.25) is 0 Å². The highest BCUT2D eigenvalue weighted by Gasteiger charge is 2.25. The molecule has 2 atom stereocenters. The zero-order valence-electron chi connectivity index (χ0n) is 13.9. The Bertz CT molecular complexity index is 849.